The Bertz CT molecular complexity index is 840. The van der Waals surface area contributed by atoms with Gasteiger partial charge in [-0.05, 0) is 30.0 Å². The van der Waals surface area contributed by atoms with E-state index in [1.54, 1.807) is 38.1 Å². The number of para-hydroxylation sites is 1. The number of hydrogen-bond donors (Lipinski definition) is 3. The SMILES string of the molecule is CCC[C@H](NC(=O)COC(=O)[C@@H](NC(=O)Nc1ccccc1)C(C)C)c1ccccc1. The first-order chi connectivity index (χ1) is 14.9. The second-order valence-electron chi connectivity index (χ2n) is 7.61. The number of anilines is 1. The Hall–Kier alpha value is -3.35. The molecule has 31 heavy (non-hydrogen) atoms. The monoisotopic (exact) mass is 425 g/mol. The molecule has 0 heterocycles. The summed E-state index contributed by atoms with van der Waals surface area (Å²) >= 11 is 0. The Morgan fingerprint density at radius 2 is 1.52 bits per heavy atom. The summed E-state index contributed by atoms with van der Waals surface area (Å²) in [6.45, 7) is 5.22. The van der Waals surface area contributed by atoms with E-state index in [9.17, 15) is 14.4 Å². The summed E-state index contributed by atoms with van der Waals surface area (Å²) in [6.07, 6.45) is 1.68. The molecule has 2 aromatic rings. The van der Waals surface area contributed by atoms with Crippen LogP contribution in [0.4, 0.5) is 10.5 Å². The number of carbonyl (C=O) groups is 3. The zero-order chi connectivity index (χ0) is 22.6. The molecule has 0 saturated carbocycles. The van der Waals surface area contributed by atoms with Gasteiger partial charge in [-0.2, -0.15) is 0 Å². The maximum absolute atomic E-state index is 12.5. The van der Waals surface area contributed by atoms with Gasteiger partial charge in [-0.1, -0.05) is 75.7 Å². The van der Waals surface area contributed by atoms with Gasteiger partial charge in [0.15, 0.2) is 6.61 Å². The van der Waals surface area contributed by atoms with Crippen LogP contribution in [-0.4, -0.2) is 30.6 Å². The van der Waals surface area contributed by atoms with Gasteiger partial charge in [-0.25, -0.2) is 9.59 Å². The zero-order valence-electron chi connectivity index (χ0n) is 18.3. The molecule has 0 spiro atoms. The highest BCUT2D eigenvalue weighted by atomic mass is 16.5. The van der Waals surface area contributed by atoms with Crippen molar-refractivity contribution < 1.29 is 19.1 Å². The minimum Gasteiger partial charge on any atom is -0.454 e. The van der Waals surface area contributed by atoms with Crippen LogP contribution in [0.15, 0.2) is 60.7 Å². The second-order valence-corrected chi connectivity index (χ2v) is 7.61. The van der Waals surface area contributed by atoms with Crippen molar-refractivity contribution in [2.75, 3.05) is 11.9 Å². The van der Waals surface area contributed by atoms with E-state index in [0.717, 1.165) is 18.4 Å². The highest BCUT2D eigenvalue weighted by Crippen LogP contribution is 2.18. The average Bonchev–Trinajstić information content (AvgIpc) is 2.76. The fraction of sp³-hybridized carbons (Fsp3) is 0.375. The van der Waals surface area contributed by atoms with Crippen LogP contribution >= 0.6 is 0 Å². The molecule has 0 saturated heterocycles. The maximum Gasteiger partial charge on any atom is 0.329 e. The molecule has 2 aromatic carbocycles. The lowest BCUT2D eigenvalue weighted by Crippen LogP contribution is -2.47. The molecule has 0 aliphatic heterocycles. The minimum absolute atomic E-state index is 0.145. The van der Waals surface area contributed by atoms with Crippen molar-refractivity contribution in [3.05, 3.63) is 66.2 Å². The number of benzene rings is 2. The summed E-state index contributed by atoms with van der Waals surface area (Å²) in [5.74, 6) is -1.25. The lowest BCUT2D eigenvalue weighted by atomic mass is 10.0. The minimum atomic E-state index is -0.878. The molecule has 0 aliphatic carbocycles. The van der Waals surface area contributed by atoms with Crippen LogP contribution < -0.4 is 16.0 Å². The Morgan fingerprint density at radius 1 is 0.903 bits per heavy atom. The first-order valence-corrected chi connectivity index (χ1v) is 10.5. The number of rotatable bonds is 10. The van der Waals surface area contributed by atoms with Crippen molar-refractivity contribution in [3.63, 3.8) is 0 Å². The highest BCUT2D eigenvalue weighted by Gasteiger charge is 2.26. The quantitative estimate of drug-likeness (QED) is 0.501. The summed E-state index contributed by atoms with van der Waals surface area (Å²) in [5, 5.41) is 8.20. The van der Waals surface area contributed by atoms with Crippen LogP contribution in [0.3, 0.4) is 0 Å². The topological polar surface area (TPSA) is 96.5 Å². The van der Waals surface area contributed by atoms with Crippen LogP contribution in [0.2, 0.25) is 0 Å². The summed E-state index contributed by atoms with van der Waals surface area (Å²) in [5.41, 5.74) is 1.61. The van der Waals surface area contributed by atoms with Crippen LogP contribution in [0.25, 0.3) is 0 Å². The van der Waals surface area contributed by atoms with Crippen LogP contribution in [0.5, 0.6) is 0 Å². The van der Waals surface area contributed by atoms with E-state index in [4.69, 9.17) is 4.74 Å². The van der Waals surface area contributed by atoms with Gasteiger partial charge in [0.2, 0.25) is 0 Å². The van der Waals surface area contributed by atoms with E-state index in [1.165, 1.54) is 0 Å². The first-order valence-electron chi connectivity index (χ1n) is 10.5. The van der Waals surface area contributed by atoms with Gasteiger partial charge in [0.05, 0.1) is 6.04 Å². The summed E-state index contributed by atoms with van der Waals surface area (Å²) in [7, 11) is 0. The van der Waals surface area contributed by atoms with Crippen LogP contribution in [0, 0.1) is 5.92 Å². The van der Waals surface area contributed by atoms with Crippen LogP contribution in [-0.2, 0) is 14.3 Å². The molecular weight excluding hydrogens is 394 g/mol. The van der Waals surface area contributed by atoms with Gasteiger partial charge in [-0.3, -0.25) is 4.79 Å². The molecule has 2 rings (SSSR count). The van der Waals surface area contributed by atoms with E-state index < -0.39 is 24.6 Å². The van der Waals surface area contributed by atoms with Crippen molar-refractivity contribution in [2.24, 2.45) is 5.92 Å². The number of hydrogen-bond acceptors (Lipinski definition) is 4. The highest BCUT2D eigenvalue weighted by molar-refractivity contribution is 5.93. The molecule has 0 bridgehead atoms. The number of urea groups is 1. The summed E-state index contributed by atoms with van der Waals surface area (Å²) in [6, 6.07) is 17.0. The van der Waals surface area contributed by atoms with E-state index in [1.807, 2.05) is 43.3 Å². The number of carbonyl (C=O) groups excluding carboxylic acids is 3. The van der Waals surface area contributed by atoms with Gasteiger partial charge < -0.3 is 20.7 Å². The van der Waals surface area contributed by atoms with Crippen molar-refractivity contribution in [1.82, 2.24) is 10.6 Å². The largest absolute Gasteiger partial charge is 0.454 e. The molecule has 7 heteroatoms. The molecule has 0 fully saturated rings. The molecule has 166 valence electrons. The molecule has 3 N–H and O–H groups in total. The average molecular weight is 426 g/mol. The van der Waals surface area contributed by atoms with Gasteiger partial charge in [0.25, 0.3) is 5.91 Å². The van der Waals surface area contributed by atoms with Crippen molar-refractivity contribution in [1.29, 1.82) is 0 Å². The molecule has 0 aromatic heterocycles. The van der Waals surface area contributed by atoms with Gasteiger partial charge in [0.1, 0.15) is 6.04 Å². The van der Waals surface area contributed by atoms with Gasteiger partial charge in [-0.15, -0.1) is 0 Å². The second kappa shape index (κ2) is 12.4. The Kier molecular flexibility index (Phi) is 9.55. The third-order valence-corrected chi connectivity index (χ3v) is 4.70. The van der Waals surface area contributed by atoms with Gasteiger partial charge in [0, 0.05) is 5.69 Å². The standard InChI is InChI=1S/C24H31N3O4/c1-4-11-20(18-12-7-5-8-13-18)26-21(28)16-31-23(29)22(17(2)3)27-24(30)25-19-14-9-6-10-15-19/h5-10,12-15,17,20,22H,4,11,16H2,1-3H3,(H,26,28)(H2,25,27,30)/t20-,22-/m0/s1. The lowest BCUT2D eigenvalue weighted by molar-refractivity contribution is -0.151. The normalized spacial score (nSPS) is 12.5. The fourth-order valence-corrected chi connectivity index (χ4v) is 3.09. The van der Waals surface area contributed by atoms with E-state index >= 15 is 0 Å². The molecular formula is C24H31N3O4. The third kappa shape index (κ3) is 8.12. The summed E-state index contributed by atoms with van der Waals surface area (Å²) in [4.78, 5) is 37.1. The number of esters is 1. The smallest absolute Gasteiger partial charge is 0.329 e. The third-order valence-electron chi connectivity index (χ3n) is 4.70. The maximum atomic E-state index is 12.5. The first kappa shape index (κ1) is 23.9. The van der Waals surface area contributed by atoms with Crippen LogP contribution in [0.1, 0.15) is 45.2 Å². The zero-order valence-corrected chi connectivity index (χ0v) is 18.3. The van der Waals surface area contributed by atoms with Crippen molar-refractivity contribution in [2.45, 2.75) is 45.7 Å². The van der Waals surface area contributed by atoms with E-state index in [0.29, 0.717) is 5.69 Å². The molecule has 0 unspecified atom stereocenters. The number of nitrogens with one attached hydrogen (secondary N) is 3. The predicted molar refractivity (Wildman–Crippen MR) is 120 cm³/mol. The lowest BCUT2D eigenvalue weighted by Gasteiger charge is -2.22. The van der Waals surface area contributed by atoms with E-state index in [-0.39, 0.29) is 17.9 Å². The Balaban J connectivity index is 1.88. The molecule has 0 radical (unpaired) electrons. The Morgan fingerprint density at radius 3 is 2.10 bits per heavy atom. The van der Waals surface area contributed by atoms with Crippen molar-refractivity contribution >= 4 is 23.6 Å². The molecule has 7 nitrogen and oxygen atoms in total. The predicted octanol–water partition coefficient (Wildman–Crippen LogP) is 4.03. The molecule has 0 aliphatic rings. The Labute approximate surface area is 183 Å². The number of amides is 3. The molecule has 2 atom stereocenters. The van der Waals surface area contributed by atoms with Crippen molar-refractivity contribution in [3.8, 4) is 0 Å². The fourth-order valence-electron chi connectivity index (χ4n) is 3.09. The molecule has 3 amide bonds. The van der Waals surface area contributed by atoms with E-state index in [2.05, 4.69) is 16.0 Å². The van der Waals surface area contributed by atoms with Gasteiger partial charge >= 0.3 is 12.0 Å². The number of ether oxygens (including phenoxy) is 1. The summed E-state index contributed by atoms with van der Waals surface area (Å²) < 4.78 is 5.20.